The highest BCUT2D eigenvalue weighted by Gasteiger charge is 2.28. The van der Waals surface area contributed by atoms with E-state index in [1.165, 1.54) is 0 Å². The number of carbonyl (C=O) groups is 1. The lowest BCUT2D eigenvalue weighted by Crippen LogP contribution is -2.37. The summed E-state index contributed by atoms with van der Waals surface area (Å²) in [6.07, 6.45) is 7.17. The zero-order chi connectivity index (χ0) is 10.7. The van der Waals surface area contributed by atoms with Crippen LogP contribution in [0.3, 0.4) is 0 Å². The van der Waals surface area contributed by atoms with Gasteiger partial charge >= 0.3 is 0 Å². The first kappa shape index (κ1) is 9.76. The third-order valence-electron chi connectivity index (χ3n) is 2.29. The van der Waals surface area contributed by atoms with Crippen LogP contribution in [-0.2, 0) is 4.79 Å². The Bertz CT molecular complexity index is 360. The van der Waals surface area contributed by atoms with Gasteiger partial charge in [-0.2, -0.15) is 0 Å². The first-order chi connectivity index (χ1) is 7.33. The number of carbonyl (C=O) groups excluding carboxylic acids is 1. The molecule has 4 nitrogen and oxygen atoms in total. The van der Waals surface area contributed by atoms with Gasteiger partial charge in [0.05, 0.1) is 11.6 Å². The van der Waals surface area contributed by atoms with Gasteiger partial charge in [0.1, 0.15) is 6.67 Å². The second-order valence-corrected chi connectivity index (χ2v) is 3.27. The van der Waals surface area contributed by atoms with Gasteiger partial charge < -0.3 is 16.0 Å². The number of halogens is 1. The second kappa shape index (κ2) is 4.16. The maximum Gasteiger partial charge on any atom is 0.251 e. The van der Waals surface area contributed by atoms with Crippen molar-refractivity contribution in [2.24, 2.45) is 0 Å². The van der Waals surface area contributed by atoms with Crippen LogP contribution in [0.2, 0.25) is 0 Å². The van der Waals surface area contributed by atoms with Gasteiger partial charge in [-0.15, -0.1) is 0 Å². The summed E-state index contributed by atoms with van der Waals surface area (Å²) in [5.74, 6) is -0.239. The molecule has 1 atom stereocenters. The molecule has 5 heteroatoms. The molecule has 0 fully saturated rings. The van der Waals surface area contributed by atoms with Crippen LogP contribution in [0.4, 0.5) is 4.39 Å². The molecule has 0 aromatic carbocycles. The highest BCUT2D eigenvalue weighted by molar-refractivity contribution is 5.96. The summed E-state index contributed by atoms with van der Waals surface area (Å²) in [6.45, 7) is -0.495. The molecule has 0 saturated heterocycles. The van der Waals surface area contributed by atoms with Crippen molar-refractivity contribution >= 4 is 5.91 Å². The summed E-state index contributed by atoms with van der Waals surface area (Å²) in [4.78, 5) is 11.6. The summed E-state index contributed by atoms with van der Waals surface area (Å²) >= 11 is 0. The Labute approximate surface area is 86.9 Å². The van der Waals surface area contributed by atoms with Crippen LogP contribution in [0, 0.1) is 0 Å². The third kappa shape index (κ3) is 1.86. The fourth-order valence-corrected chi connectivity index (χ4v) is 1.58. The number of amides is 1. The third-order valence-corrected chi connectivity index (χ3v) is 2.29. The minimum atomic E-state index is -0.548. The van der Waals surface area contributed by atoms with Crippen LogP contribution >= 0.6 is 0 Å². The van der Waals surface area contributed by atoms with Gasteiger partial charge in [0, 0.05) is 18.4 Å². The van der Waals surface area contributed by atoms with Gasteiger partial charge in [-0.1, -0.05) is 0 Å². The first-order valence-corrected chi connectivity index (χ1v) is 4.76. The van der Waals surface area contributed by atoms with E-state index in [-0.39, 0.29) is 18.5 Å². The van der Waals surface area contributed by atoms with E-state index in [0.717, 1.165) is 5.70 Å². The second-order valence-electron chi connectivity index (χ2n) is 3.27. The van der Waals surface area contributed by atoms with Gasteiger partial charge in [0.25, 0.3) is 5.91 Å². The predicted molar refractivity (Wildman–Crippen MR) is 54.4 cm³/mol. The molecule has 0 saturated carbocycles. The fraction of sp³-hybridized carbons (Fsp3) is 0.300. The van der Waals surface area contributed by atoms with Crippen molar-refractivity contribution in [3.8, 4) is 0 Å². The van der Waals surface area contributed by atoms with Crippen LogP contribution in [0.25, 0.3) is 0 Å². The number of nitrogens with one attached hydrogen (secondary N) is 3. The van der Waals surface area contributed by atoms with Gasteiger partial charge in [-0.25, -0.2) is 4.39 Å². The van der Waals surface area contributed by atoms with Crippen molar-refractivity contribution in [1.29, 1.82) is 0 Å². The molecule has 0 aromatic heterocycles. The molecule has 80 valence electrons. The molecule has 0 aromatic rings. The van der Waals surface area contributed by atoms with E-state index in [0.29, 0.717) is 5.57 Å². The molecule has 0 radical (unpaired) electrons. The molecule has 0 aliphatic carbocycles. The maximum atomic E-state index is 11.9. The minimum Gasteiger partial charge on any atom is -0.379 e. The average molecular weight is 209 g/mol. The van der Waals surface area contributed by atoms with Crippen molar-refractivity contribution in [3.63, 3.8) is 0 Å². The van der Waals surface area contributed by atoms with Crippen LogP contribution in [0.5, 0.6) is 0 Å². The first-order valence-electron chi connectivity index (χ1n) is 4.76. The number of rotatable bonds is 3. The van der Waals surface area contributed by atoms with Crippen LogP contribution < -0.4 is 16.0 Å². The lowest BCUT2D eigenvalue weighted by molar-refractivity contribution is -0.117. The van der Waals surface area contributed by atoms with E-state index in [1.807, 2.05) is 12.2 Å². The van der Waals surface area contributed by atoms with Crippen molar-refractivity contribution in [1.82, 2.24) is 16.0 Å². The molecule has 2 rings (SSSR count). The Morgan fingerprint density at radius 1 is 1.60 bits per heavy atom. The normalized spacial score (nSPS) is 22.1. The number of fused-ring (bicyclic) bond motifs is 1. The Kier molecular flexibility index (Phi) is 2.71. The topological polar surface area (TPSA) is 53.2 Å². The number of hydrogen-bond donors (Lipinski definition) is 3. The summed E-state index contributed by atoms with van der Waals surface area (Å²) in [7, 11) is 0. The number of dihydropyridines is 1. The van der Waals surface area contributed by atoms with Gasteiger partial charge in [0.15, 0.2) is 0 Å². The molecule has 15 heavy (non-hydrogen) atoms. The van der Waals surface area contributed by atoms with Crippen LogP contribution in [0.1, 0.15) is 0 Å². The molecule has 2 aliphatic heterocycles. The van der Waals surface area contributed by atoms with Crippen LogP contribution in [-0.4, -0.2) is 25.2 Å². The Hall–Kier alpha value is -1.78. The highest BCUT2D eigenvalue weighted by atomic mass is 19.1. The summed E-state index contributed by atoms with van der Waals surface area (Å²) < 4.78 is 11.9. The Morgan fingerprint density at radius 2 is 2.47 bits per heavy atom. The number of alkyl halides is 1. The Morgan fingerprint density at radius 3 is 3.27 bits per heavy atom. The summed E-state index contributed by atoms with van der Waals surface area (Å²) in [5, 5.41) is 8.54. The van der Waals surface area contributed by atoms with Gasteiger partial charge in [-0.05, 0) is 18.4 Å². The van der Waals surface area contributed by atoms with E-state index >= 15 is 0 Å². The zero-order valence-corrected chi connectivity index (χ0v) is 8.09. The smallest absolute Gasteiger partial charge is 0.251 e. The standard InChI is InChI=1S/C10H12FN3O/c11-3-5-13-10(15)7-6-14-8-2-1-4-12-9(7)8/h1-2,4,6,9,12,14H,3,5H2,(H,13,15). The van der Waals surface area contributed by atoms with E-state index in [1.54, 1.807) is 12.4 Å². The monoisotopic (exact) mass is 209 g/mol. The highest BCUT2D eigenvalue weighted by Crippen LogP contribution is 2.19. The molecule has 2 heterocycles. The predicted octanol–water partition coefficient (Wildman–Crippen LogP) is -0.0714. The zero-order valence-electron chi connectivity index (χ0n) is 8.09. The van der Waals surface area contributed by atoms with Crippen LogP contribution in [0.15, 0.2) is 35.8 Å². The maximum absolute atomic E-state index is 11.9. The van der Waals surface area contributed by atoms with Gasteiger partial charge in [0.2, 0.25) is 0 Å². The SMILES string of the molecule is O=C(NCCF)C1=CNC2=CC=CNC21. The summed E-state index contributed by atoms with van der Waals surface area (Å²) in [6, 6.07) is -0.130. The molecular formula is C10H12FN3O. The Balaban J connectivity index is 2.02. The molecular weight excluding hydrogens is 197 g/mol. The fourth-order valence-electron chi connectivity index (χ4n) is 1.58. The van der Waals surface area contributed by atoms with Crippen molar-refractivity contribution in [3.05, 3.63) is 35.8 Å². The van der Waals surface area contributed by atoms with E-state index in [2.05, 4.69) is 16.0 Å². The molecule has 3 N–H and O–H groups in total. The average Bonchev–Trinajstić information content (AvgIpc) is 2.69. The van der Waals surface area contributed by atoms with E-state index in [4.69, 9.17) is 0 Å². The van der Waals surface area contributed by atoms with E-state index in [9.17, 15) is 9.18 Å². The molecule has 0 bridgehead atoms. The molecule has 1 amide bonds. The molecule has 2 aliphatic rings. The molecule has 0 spiro atoms. The largest absolute Gasteiger partial charge is 0.379 e. The number of allylic oxidation sites excluding steroid dienone is 2. The quantitative estimate of drug-likeness (QED) is 0.610. The number of hydrogen-bond acceptors (Lipinski definition) is 3. The van der Waals surface area contributed by atoms with Crippen molar-refractivity contribution in [2.75, 3.05) is 13.2 Å². The summed E-state index contributed by atoms with van der Waals surface area (Å²) in [5.41, 5.74) is 1.52. The minimum absolute atomic E-state index is 0.0534. The van der Waals surface area contributed by atoms with Crippen molar-refractivity contribution < 1.29 is 9.18 Å². The van der Waals surface area contributed by atoms with Gasteiger partial charge in [-0.3, -0.25) is 4.79 Å². The van der Waals surface area contributed by atoms with Crippen molar-refractivity contribution in [2.45, 2.75) is 6.04 Å². The molecule has 1 unspecified atom stereocenters. The van der Waals surface area contributed by atoms with E-state index < -0.39 is 6.67 Å². The lowest BCUT2D eigenvalue weighted by Gasteiger charge is -2.18. The lowest BCUT2D eigenvalue weighted by atomic mass is 10.1.